The van der Waals surface area contributed by atoms with Crippen molar-refractivity contribution in [3.8, 4) is 0 Å². The Labute approximate surface area is 196 Å². The minimum Gasteiger partial charge on any atom is -0.390 e. The fourth-order valence-electron chi connectivity index (χ4n) is 9.27. The van der Waals surface area contributed by atoms with Gasteiger partial charge in [0.2, 0.25) is 0 Å². The van der Waals surface area contributed by atoms with E-state index < -0.39 is 49.1 Å². The van der Waals surface area contributed by atoms with Gasteiger partial charge in [-0.25, -0.2) is 0 Å². The van der Waals surface area contributed by atoms with Crippen molar-refractivity contribution in [1.29, 1.82) is 0 Å². The smallest absolute Gasteiger partial charge is 0.171 e. The molecule has 1 saturated heterocycles. The summed E-state index contributed by atoms with van der Waals surface area (Å²) in [6.45, 7) is 24.7. The highest BCUT2D eigenvalue weighted by Crippen LogP contribution is 2.79. The van der Waals surface area contributed by atoms with Crippen LogP contribution in [-0.2, 0) is 9.53 Å². The Morgan fingerprint density at radius 1 is 1.09 bits per heavy atom. The number of ether oxygens (including phenoxy) is 1. The summed E-state index contributed by atoms with van der Waals surface area (Å²) in [4.78, 5) is 14.1. The van der Waals surface area contributed by atoms with Crippen molar-refractivity contribution >= 4 is 14.6 Å². The average Bonchev–Trinajstić information content (AvgIpc) is 2.62. The predicted octanol–water partition coefficient (Wildman–Crippen LogP) is 3.86. The summed E-state index contributed by atoms with van der Waals surface area (Å²) in [5, 5.41) is 35.7. The Kier molecular flexibility index (Phi) is 5.71. The van der Waals surface area contributed by atoms with Gasteiger partial charge in [0.1, 0.15) is 11.7 Å². The Bertz CT molecular complexity index is 818. The van der Waals surface area contributed by atoms with Crippen LogP contribution in [0.4, 0.5) is 0 Å². The van der Waals surface area contributed by atoms with Gasteiger partial charge in [0.25, 0.3) is 0 Å². The van der Waals surface area contributed by atoms with Gasteiger partial charge >= 0.3 is 0 Å². The van der Waals surface area contributed by atoms with E-state index in [0.717, 1.165) is 12.8 Å². The number of carbonyl (C=O) groups is 1. The van der Waals surface area contributed by atoms with Gasteiger partial charge in [0, 0.05) is 26.6 Å². The van der Waals surface area contributed by atoms with Crippen LogP contribution in [0.25, 0.3) is 0 Å². The second kappa shape index (κ2) is 7.00. The molecular weight excluding hydrogens is 420 g/mol. The monoisotopic (exact) mass is 466 g/mol. The molecule has 184 valence electrons. The van der Waals surface area contributed by atoms with E-state index in [1.54, 1.807) is 19.9 Å². The SMILES string of the molecule is C=C[C@@]1(C)CC(=O)[C@]2(O)[C@]3(C)[C@@H]([C@H](O)[C@H](O)[C@@]2(C)O1)C(C)(C)CC[C@]3([SiH](C)C)C(C)(C)C. The van der Waals surface area contributed by atoms with Crippen molar-refractivity contribution in [3.05, 3.63) is 12.7 Å². The lowest BCUT2D eigenvalue weighted by Gasteiger charge is -2.77. The molecule has 3 rings (SSSR count). The molecule has 2 saturated carbocycles. The molecule has 0 radical (unpaired) electrons. The van der Waals surface area contributed by atoms with Crippen LogP contribution in [0.3, 0.4) is 0 Å². The van der Waals surface area contributed by atoms with Gasteiger partial charge in [0.05, 0.1) is 11.7 Å². The number of hydrogen-bond donors (Lipinski definition) is 3. The minimum atomic E-state index is -1.95. The van der Waals surface area contributed by atoms with E-state index in [9.17, 15) is 20.1 Å². The van der Waals surface area contributed by atoms with E-state index in [2.05, 4.69) is 54.3 Å². The van der Waals surface area contributed by atoms with E-state index in [1.807, 2.05) is 6.92 Å². The van der Waals surface area contributed by atoms with Crippen molar-refractivity contribution in [1.82, 2.24) is 0 Å². The van der Waals surface area contributed by atoms with E-state index in [-0.39, 0.29) is 28.1 Å². The largest absolute Gasteiger partial charge is 0.390 e. The van der Waals surface area contributed by atoms with E-state index in [4.69, 9.17) is 4.74 Å². The number of aliphatic hydroxyl groups excluding tert-OH is 2. The van der Waals surface area contributed by atoms with Crippen LogP contribution in [0.1, 0.15) is 74.7 Å². The lowest BCUT2D eigenvalue weighted by Crippen LogP contribution is -2.87. The minimum absolute atomic E-state index is 0.00594. The van der Waals surface area contributed by atoms with Gasteiger partial charge in [-0.2, -0.15) is 0 Å². The third kappa shape index (κ3) is 2.68. The standard InChI is InChI=1S/C26H46O5Si/c1-12-22(7)15-16(27)26(30)23(8)18(17(28)19(29)24(26,9)31-22)21(5,6)13-14-25(23,32(10)11)20(2,3)4/h12,17-19,28-30,32H,1,13-15H2,2-11H3/t17-,18-,19-,22-,23+,24+,25-,26-/m0/s1. The van der Waals surface area contributed by atoms with Crippen molar-refractivity contribution in [2.75, 3.05) is 0 Å². The first-order chi connectivity index (χ1) is 14.2. The molecule has 2 aliphatic carbocycles. The molecular formula is C26H46O5Si. The highest BCUT2D eigenvalue weighted by molar-refractivity contribution is 6.60. The second-order valence-electron chi connectivity index (χ2n) is 13.5. The van der Waals surface area contributed by atoms with E-state index >= 15 is 0 Å². The van der Waals surface area contributed by atoms with Crippen LogP contribution in [0.5, 0.6) is 0 Å². The summed E-state index contributed by atoms with van der Waals surface area (Å²) in [6, 6.07) is 0. The van der Waals surface area contributed by atoms with Gasteiger partial charge in [-0.1, -0.05) is 60.7 Å². The van der Waals surface area contributed by atoms with Crippen LogP contribution in [-0.4, -0.2) is 58.9 Å². The number of rotatable bonds is 2. The molecule has 0 spiro atoms. The fraction of sp³-hybridized carbons (Fsp3) is 0.885. The maximum absolute atomic E-state index is 14.1. The van der Waals surface area contributed by atoms with Gasteiger partial charge in [-0.15, -0.1) is 6.58 Å². The summed E-state index contributed by atoms with van der Waals surface area (Å²) < 4.78 is 6.46. The summed E-state index contributed by atoms with van der Waals surface area (Å²) in [5.74, 6) is -0.778. The Hall–Kier alpha value is -0.533. The molecule has 1 aliphatic heterocycles. The molecule has 0 aromatic heterocycles. The first-order valence-electron chi connectivity index (χ1n) is 12.2. The zero-order chi connectivity index (χ0) is 24.9. The molecule has 1 heterocycles. The molecule has 0 amide bonds. The molecule has 6 heteroatoms. The molecule has 3 fully saturated rings. The lowest BCUT2D eigenvalue weighted by molar-refractivity contribution is -0.368. The molecule has 0 bridgehead atoms. The summed E-state index contributed by atoms with van der Waals surface area (Å²) in [6.07, 6.45) is 0.767. The van der Waals surface area contributed by atoms with Crippen molar-refractivity contribution in [3.63, 3.8) is 0 Å². The van der Waals surface area contributed by atoms with Gasteiger partial charge in [-0.3, -0.25) is 4.79 Å². The molecule has 8 atom stereocenters. The van der Waals surface area contributed by atoms with Crippen molar-refractivity contribution < 1.29 is 24.9 Å². The number of Topliss-reactive ketones (excluding diaryl/α,β-unsaturated/α-hetero) is 1. The van der Waals surface area contributed by atoms with Crippen LogP contribution in [0, 0.1) is 22.2 Å². The third-order valence-electron chi connectivity index (χ3n) is 10.4. The molecule has 5 nitrogen and oxygen atoms in total. The van der Waals surface area contributed by atoms with Crippen LogP contribution in [0.15, 0.2) is 12.7 Å². The maximum atomic E-state index is 14.1. The average molecular weight is 467 g/mol. The third-order valence-corrected chi connectivity index (χ3v) is 14.1. The Morgan fingerprint density at radius 2 is 1.62 bits per heavy atom. The normalized spacial score (nSPS) is 51.2. The van der Waals surface area contributed by atoms with Crippen molar-refractivity contribution in [2.45, 2.75) is 122 Å². The first kappa shape index (κ1) is 26.1. The number of aliphatic hydroxyl groups is 3. The molecule has 3 N–H and O–H groups in total. The zero-order valence-electron chi connectivity index (χ0n) is 21.9. The van der Waals surface area contributed by atoms with Gasteiger partial charge in [0.15, 0.2) is 11.4 Å². The Balaban J connectivity index is 2.48. The molecule has 32 heavy (non-hydrogen) atoms. The highest BCUT2D eigenvalue weighted by Gasteiger charge is 2.84. The summed E-state index contributed by atoms with van der Waals surface area (Å²) >= 11 is 0. The van der Waals surface area contributed by atoms with Crippen molar-refractivity contribution in [2.24, 2.45) is 22.2 Å². The number of fused-ring (bicyclic) bond motifs is 3. The van der Waals surface area contributed by atoms with Gasteiger partial charge in [-0.05, 0) is 42.6 Å². The molecule has 0 aromatic rings. The fourth-order valence-corrected chi connectivity index (χ4v) is 13.3. The number of carbonyl (C=O) groups excluding carboxylic acids is 1. The topological polar surface area (TPSA) is 87.0 Å². The van der Waals surface area contributed by atoms with Gasteiger partial charge < -0.3 is 20.1 Å². The van der Waals surface area contributed by atoms with E-state index in [0.29, 0.717) is 0 Å². The Morgan fingerprint density at radius 3 is 2.06 bits per heavy atom. The predicted molar refractivity (Wildman–Crippen MR) is 130 cm³/mol. The second-order valence-corrected chi connectivity index (χ2v) is 16.8. The molecule has 3 aliphatic rings. The van der Waals surface area contributed by atoms with Crippen LogP contribution < -0.4 is 0 Å². The summed E-state index contributed by atoms with van der Waals surface area (Å²) in [7, 11) is -1.57. The van der Waals surface area contributed by atoms with E-state index in [1.165, 1.54) is 0 Å². The molecule has 0 aromatic carbocycles. The number of hydrogen-bond acceptors (Lipinski definition) is 5. The summed E-state index contributed by atoms with van der Waals surface area (Å²) in [5.41, 5.74) is -6.23. The number of ketones is 1. The quantitative estimate of drug-likeness (QED) is 0.425. The molecule has 0 unspecified atom stereocenters. The van der Waals surface area contributed by atoms with Crippen LogP contribution >= 0.6 is 0 Å². The zero-order valence-corrected chi connectivity index (χ0v) is 23.0. The highest BCUT2D eigenvalue weighted by atomic mass is 28.3. The maximum Gasteiger partial charge on any atom is 0.171 e. The first-order valence-corrected chi connectivity index (χ1v) is 15.1. The van der Waals surface area contributed by atoms with Crippen LogP contribution in [0.2, 0.25) is 18.1 Å². The lowest BCUT2D eigenvalue weighted by atomic mass is 9.35.